The lowest BCUT2D eigenvalue weighted by molar-refractivity contribution is -0.144. The second-order valence-electron chi connectivity index (χ2n) is 6.47. The molecule has 22 heavy (non-hydrogen) atoms. The number of carbonyl (C=O) groups excluding carboxylic acids is 2. The maximum atomic E-state index is 12.2. The van der Waals surface area contributed by atoms with E-state index in [0.29, 0.717) is 32.6 Å². The lowest BCUT2D eigenvalue weighted by atomic mass is 9.73. The number of piperidine rings is 2. The molecule has 126 valence electrons. The number of likely N-dealkylation sites (tertiary alicyclic amines) is 2. The van der Waals surface area contributed by atoms with E-state index in [1.165, 1.54) is 0 Å². The van der Waals surface area contributed by atoms with Gasteiger partial charge in [-0.3, -0.25) is 9.59 Å². The third-order valence-corrected chi connectivity index (χ3v) is 4.85. The highest BCUT2D eigenvalue weighted by Gasteiger charge is 2.42. The molecule has 1 spiro atoms. The zero-order valence-corrected chi connectivity index (χ0v) is 13.8. The minimum absolute atomic E-state index is 0.0721. The summed E-state index contributed by atoms with van der Waals surface area (Å²) in [5.74, 6) is 0.381. The molecule has 2 rings (SSSR count). The van der Waals surface area contributed by atoms with Crippen molar-refractivity contribution in [3.8, 4) is 0 Å². The summed E-state index contributed by atoms with van der Waals surface area (Å²) in [4.78, 5) is 28.2. The summed E-state index contributed by atoms with van der Waals surface area (Å²) < 4.78 is 10.1. The van der Waals surface area contributed by atoms with Crippen LogP contribution in [-0.2, 0) is 19.1 Å². The van der Waals surface area contributed by atoms with E-state index in [2.05, 4.69) is 0 Å². The Morgan fingerprint density at radius 2 is 1.95 bits per heavy atom. The summed E-state index contributed by atoms with van der Waals surface area (Å²) in [6, 6.07) is 0. The lowest BCUT2D eigenvalue weighted by Gasteiger charge is -2.48. The highest BCUT2D eigenvalue weighted by molar-refractivity contribution is 5.78. The van der Waals surface area contributed by atoms with Crippen molar-refractivity contribution in [1.82, 2.24) is 9.80 Å². The number of hydrogen-bond acceptors (Lipinski definition) is 4. The van der Waals surface area contributed by atoms with Gasteiger partial charge in [0.1, 0.15) is 0 Å². The van der Waals surface area contributed by atoms with Crippen molar-refractivity contribution in [2.75, 3.05) is 53.6 Å². The molecule has 0 aromatic carbocycles. The lowest BCUT2D eigenvalue weighted by Crippen LogP contribution is -2.55. The van der Waals surface area contributed by atoms with E-state index >= 15 is 0 Å². The first-order valence-corrected chi connectivity index (χ1v) is 8.14. The minimum atomic E-state index is 0.0721. The van der Waals surface area contributed by atoms with Crippen molar-refractivity contribution in [3.05, 3.63) is 0 Å². The van der Waals surface area contributed by atoms with Crippen LogP contribution in [0, 0.1) is 5.41 Å². The van der Waals surface area contributed by atoms with Crippen LogP contribution in [-0.4, -0.2) is 75.2 Å². The molecule has 0 bridgehead atoms. The maximum absolute atomic E-state index is 12.2. The van der Waals surface area contributed by atoms with Gasteiger partial charge in [-0.1, -0.05) is 0 Å². The second kappa shape index (κ2) is 7.92. The van der Waals surface area contributed by atoms with Crippen molar-refractivity contribution in [1.29, 1.82) is 0 Å². The van der Waals surface area contributed by atoms with Crippen LogP contribution in [0.2, 0.25) is 0 Å². The quantitative estimate of drug-likeness (QED) is 0.731. The van der Waals surface area contributed by atoms with Gasteiger partial charge in [0.25, 0.3) is 0 Å². The van der Waals surface area contributed by atoms with Crippen LogP contribution in [0.4, 0.5) is 0 Å². The Labute approximate surface area is 132 Å². The van der Waals surface area contributed by atoms with Crippen LogP contribution in [0.1, 0.15) is 32.1 Å². The molecule has 2 aliphatic rings. The summed E-state index contributed by atoms with van der Waals surface area (Å²) in [5.41, 5.74) is 0.0721. The van der Waals surface area contributed by atoms with Crippen molar-refractivity contribution in [2.45, 2.75) is 32.1 Å². The van der Waals surface area contributed by atoms with Crippen LogP contribution in [0.25, 0.3) is 0 Å². The fourth-order valence-corrected chi connectivity index (χ4v) is 3.61. The zero-order valence-electron chi connectivity index (χ0n) is 13.8. The Hall–Kier alpha value is -1.14. The molecule has 6 nitrogen and oxygen atoms in total. The highest BCUT2D eigenvalue weighted by atomic mass is 16.5. The number of amides is 2. The van der Waals surface area contributed by atoms with Crippen molar-refractivity contribution in [3.63, 3.8) is 0 Å². The average Bonchev–Trinajstić information content (AvgIpc) is 2.54. The van der Waals surface area contributed by atoms with Crippen LogP contribution < -0.4 is 0 Å². The summed E-state index contributed by atoms with van der Waals surface area (Å²) >= 11 is 0. The van der Waals surface area contributed by atoms with Crippen molar-refractivity contribution in [2.24, 2.45) is 5.41 Å². The van der Waals surface area contributed by atoms with Gasteiger partial charge >= 0.3 is 0 Å². The highest BCUT2D eigenvalue weighted by Crippen LogP contribution is 2.38. The van der Waals surface area contributed by atoms with Crippen LogP contribution in [0.3, 0.4) is 0 Å². The zero-order chi connectivity index (χ0) is 16.0. The normalized spacial score (nSPS) is 25.8. The minimum Gasteiger partial charge on any atom is -0.384 e. The first kappa shape index (κ1) is 17.2. The molecule has 0 N–H and O–H groups in total. The third kappa shape index (κ3) is 4.20. The summed E-state index contributed by atoms with van der Waals surface area (Å²) in [5, 5.41) is 0. The second-order valence-corrected chi connectivity index (χ2v) is 6.47. The maximum Gasteiger partial charge on any atom is 0.224 e. The largest absolute Gasteiger partial charge is 0.384 e. The predicted molar refractivity (Wildman–Crippen MR) is 82.4 cm³/mol. The Morgan fingerprint density at radius 1 is 1.18 bits per heavy atom. The molecule has 0 unspecified atom stereocenters. The van der Waals surface area contributed by atoms with E-state index in [-0.39, 0.29) is 17.2 Å². The van der Waals surface area contributed by atoms with Gasteiger partial charge in [0.2, 0.25) is 11.8 Å². The molecule has 0 aromatic rings. The van der Waals surface area contributed by atoms with Gasteiger partial charge in [-0.25, -0.2) is 0 Å². The topological polar surface area (TPSA) is 59.1 Å². The van der Waals surface area contributed by atoms with Gasteiger partial charge in [0, 0.05) is 52.2 Å². The first-order chi connectivity index (χ1) is 10.6. The van der Waals surface area contributed by atoms with E-state index in [1.807, 2.05) is 9.80 Å². The predicted octanol–water partition coefficient (Wildman–Crippen LogP) is 0.901. The molecule has 0 saturated carbocycles. The number of carbonyl (C=O) groups is 2. The first-order valence-electron chi connectivity index (χ1n) is 8.14. The smallest absolute Gasteiger partial charge is 0.224 e. The van der Waals surface area contributed by atoms with Crippen LogP contribution in [0.15, 0.2) is 0 Å². The van der Waals surface area contributed by atoms with Gasteiger partial charge in [-0.2, -0.15) is 0 Å². The van der Waals surface area contributed by atoms with Crippen molar-refractivity contribution < 1.29 is 19.1 Å². The van der Waals surface area contributed by atoms with Gasteiger partial charge in [0.05, 0.1) is 19.6 Å². The van der Waals surface area contributed by atoms with E-state index in [1.54, 1.807) is 14.2 Å². The van der Waals surface area contributed by atoms with Crippen molar-refractivity contribution >= 4 is 11.8 Å². The molecule has 1 atom stereocenters. The van der Waals surface area contributed by atoms with E-state index in [0.717, 1.165) is 38.9 Å². The molecule has 2 heterocycles. The molecule has 0 radical (unpaired) electrons. The Balaban J connectivity index is 1.96. The van der Waals surface area contributed by atoms with Gasteiger partial charge in [-0.15, -0.1) is 0 Å². The Bertz CT molecular complexity index is 402. The molecule has 0 aliphatic carbocycles. The molecular formula is C16H28N2O4. The van der Waals surface area contributed by atoms with E-state index in [9.17, 15) is 9.59 Å². The summed E-state index contributed by atoms with van der Waals surface area (Å²) in [7, 11) is 3.27. The van der Waals surface area contributed by atoms with Gasteiger partial charge in [-0.05, 0) is 19.3 Å². The fraction of sp³-hybridized carbons (Fsp3) is 0.875. The molecule has 0 aromatic heterocycles. The number of nitrogens with zero attached hydrogens (tertiary/aromatic N) is 2. The Kier molecular flexibility index (Phi) is 6.20. The molecular weight excluding hydrogens is 284 g/mol. The van der Waals surface area contributed by atoms with Crippen LogP contribution in [0.5, 0.6) is 0 Å². The summed E-state index contributed by atoms with van der Waals surface area (Å²) in [6.45, 7) is 4.04. The standard InChI is InChI=1S/C16H28N2O4/c1-21-10-5-15(20)17-8-3-6-16(12-17)7-4-14(19)18(13-16)9-11-22-2/h3-13H2,1-2H3/t16-/m0/s1. The number of hydrogen-bond donors (Lipinski definition) is 0. The number of methoxy groups -OCH3 is 2. The van der Waals surface area contributed by atoms with Crippen LogP contribution >= 0.6 is 0 Å². The molecule has 2 saturated heterocycles. The summed E-state index contributed by atoms with van der Waals surface area (Å²) in [6.07, 6.45) is 4.04. The average molecular weight is 312 g/mol. The number of ether oxygens (including phenoxy) is 2. The monoisotopic (exact) mass is 312 g/mol. The molecule has 2 amide bonds. The van der Waals surface area contributed by atoms with E-state index < -0.39 is 0 Å². The Morgan fingerprint density at radius 3 is 2.68 bits per heavy atom. The van der Waals surface area contributed by atoms with E-state index in [4.69, 9.17) is 9.47 Å². The molecule has 2 aliphatic heterocycles. The molecule has 2 fully saturated rings. The third-order valence-electron chi connectivity index (χ3n) is 4.85. The van der Waals surface area contributed by atoms with Gasteiger partial charge < -0.3 is 19.3 Å². The SMILES string of the molecule is COCCC(=O)N1CCC[C@]2(CCC(=O)N(CCOC)C2)C1. The number of rotatable bonds is 6. The fourth-order valence-electron chi connectivity index (χ4n) is 3.61. The molecule has 6 heteroatoms. The van der Waals surface area contributed by atoms with Gasteiger partial charge in [0.15, 0.2) is 0 Å².